The molecule has 1 amide bonds. The Morgan fingerprint density at radius 2 is 1.94 bits per heavy atom. The maximum atomic E-state index is 12.9. The summed E-state index contributed by atoms with van der Waals surface area (Å²) in [6, 6.07) is 13.2. The van der Waals surface area contributed by atoms with Crippen molar-refractivity contribution in [3.8, 4) is 0 Å². The van der Waals surface area contributed by atoms with Crippen LogP contribution in [0, 0.1) is 5.92 Å². The normalized spacial score (nSPS) is 15.8. The van der Waals surface area contributed by atoms with Crippen LogP contribution >= 0.6 is 11.9 Å². The minimum Gasteiger partial charge on any atom is -0.390 e. The number of likely N-dealkylation sites (tertiary alicyclic amines) is 1. The Labute approximate surface area is 192 Å². The van der Waals surface area contributed by atoms with E-state index in [1.807, 2.05) is 47.4 Å². The van der Waals surface area contributed by atoms with Gasteiger partial charge >= 0.3 is 0 Å². The van der Waals surface area contributed by atoms with Crippen LogP contribution in [-0.2, 0) is 0 Å². The molecule has 0 atom stereocenters. The standard InChI is InChI=1S/C24H29N5O2S/c1-16(2)14-24(31)10-12-29(13-11-24)23(30)17-6-8-18(9-7-17)28-32-20-5-3-4-19-22(20)26-15-21(25)27-19/h3-9,15-16,28,31H,10-14H2,1-2H3,(H2,25,27). The Morgan fingerprint density at radius 3 is 2.62 bits per heavy atom. The summed E-state index contributed by atoms with van der Waals surface area (Å²) in [5.41, 5.74) is 8.15. The van der Waals surface area contributed by atoms with E-state index in [1.165, 1.54) is 11.9 Å². The Kier molecular flexibility index (Phi) is 6.53. The maximum Gasteiger partial charge on any atom is 0.253 e. The molecule has 168 valence electrons. The summed E-state index contributed by atoms with van der Waals surface area (Å²) < 4.78 is 3.30. The number of nitrogen functional groups attached to an aromatic ring is 1. The van der Waals surface area contributed by atoms with Crippen LogP contribution in [0.5, 0.6) is 0 Å². The van der Waals surface area contributed by atoms with Gasteiger partial charge in [0.15, 0.2) is 0 Å². The van der Waals surface area contributed by atoms with Crippen LogP contribution in [0.2, 0.25) is 0 Å². The summed E-state index contributed by atoms with van der Waals surface area (Å²) in [7, 11) is 0. The lowest BCUT2D eigenvalue weighted by Crippen LogP contribution is -2.47. The van der Waals surface area contributed by atoms with Gasteiger partial charge in [-0.2, -0.15) is 0 Å². The van der Waals surface area contributed by atoms with E-state index >= 15 is 0 Å². The summed E-state index contributed by atoms with van der Waals surface area (Å²) in [5.74, 6) is 0.850. The number of nitrogens with one attached hydrogen (secondary N) is 1. The van der Waals surface area contributed by atoms with Gasteiger partial charge in [0, 0.05) is 24.3 Å². The van der Waals surface area contributed by atoms with Gasteiger partial charge in [-0.1, -0.05) is 19.9 Å². The zero-order valence-corrected chi connectivity index (χ0v) is 19.2. The minimum atomic E-state index is -0.645. The number of benzene rings is 2. The Bertz CT molecular complexity index is 1100. The molecule has 7 nitrogen and oxygen atoms in total. The van der Waals surface area contributed by atoms with Gasteiger partial charge in [-0.3, -0.25) is 4.79 Å². The van der Waals surface area contributed by atoms with Gasteiger partial charge in [0.05, 0.1) is 22.2 Å². The molecule has 1 aliphatic heterocycles. The number of carbonyl (C=O) groups is 1. The number of nitrogens with zero attached hydrogens (tertiary/aromatic N) is 3. The third-order valence-electron chi connectivity index (χ3n) is 5.73. The zero-order valence-electron chi connectivity index (χ0n) is 18.4. The van der Waals surface area contributed by atoms with E-state index in [2.05, 4.69) is 28.5 Å². The second kappa shape index (κ2) is 9.34. The predicted molar refractivity (Wildman–Crippen MR) is 129 cm³/mol. The van der Waals surface area contributed by atoms with Crippen LogP contribution in [0.4, 0.5) is 11.5 Å². The second-order valence-electron chi connectivity index (χ2n) is 8.81. The average molecular weight is 452 g/mol. The number of anilines is 2. The van der Waals surface area contributed by atoms with Crippen molar-refractivity contribution in [3.63, 3.8) is 0 Å². The lowest BCUT2D eigenvalue weighted by atomic mass is 9.84. The van der Waals surface area contributed by atoms with E-state index in [9.17, 15) is 9.90 Å². The average Bonchev–Trinajstić information content (AvgIpc) is 2.77. The highest BCUT2D eigenvalue weighted by Crippen LogP contribution is 2.30. The van der Waals surface area contributed by atoms with Crippen molar-refractivity contribution in [1.29, 1.82) is 0 Å². The molecule has 1 aromatic heterocycles. The Morgan fingerprint density at radius 1 is 1.22 bits per heavy atom. The van der Waals surface area contributed by atoms with Gasteiger partial charge in [0.1, 0.15) is 11.3 Å². The lowest BCUT2D eigenvalue weighted by Gasteiger charge is -2.39. The van der Waals surface area contributed by atoms with Gasteiger partial charge in [-0.25, -0.2) is 9.97 Å². The minimum absolute atomic E-state index is 0.0118. The largest absolute Gasteiger partial charge is 0.390 e. The first-order chi connectivity index (χ1) is 15.3. The fourth-order valence-electron chi connectivity index (χ4n) is 4.18. The van der Waals surface area contributed by atoms with Crippen LogP contribution in [-0.4, -0.2) is 44.6 Å². The highest BCUT2D eigenvalue weighted by Gasteiger charge is 2.34. The summed E-state index contributed by atoms with van der Waals surface area (Å²) >= 11 is 1.44. The quantitative estimate of drug-likeness (QED) is 0.479. The molecule has 1 aliphatic rings. The predicted octanol–water partition coefficient (Wildman–Crippen LogP) is 4.34. The third kappa shape index (κ3) is 5.14. The molecule has 0 radical (unpaired) electrons. The number of hydrogen-bond acceptors (Lipinski definition) is 7. The van der Waals surface area contributed by atoms with Crippen molar-refractivity contribution in [3.05, 3.63) is 54.2 Å². The SMILES string of the molecule is CC(C)CC1(O)CCN(C(=O)c2ccc(NSc3cccc4nc(N)cnc34)cc2)CC1. The van der Waals surface area contributed by atoms with Crippen molar-refractivity contribution < 1.29 is 9.90 Å². The molecule has 4 N–H and O–H groups in total. The lowest BCUT2D eigenvalue weighted by molar-refractivity contribution is -0.0311. The van der Waals surface area contributed by atoms with Crippen LogP contribution in [0.25, 0.3) is 11.0 Å². The molecule has 1 fully saturated rings. The van der Waals surface area contributed by atoms with Crippen LogP contribution in [0.15, 0.2) is 53.6 Å². The molecule has 0 aliphatic carbocycles. The maximum absolute atomic E-state index is 12.9. The number of aliphatic hydroxyl groups is 1. The first-order valence-corrected chi connectivity index (χ1v) is 11.7. The van der Waals surface area contributed by atoms with Gasteiger partial charge in [-0.15, -0.1) is 0 Å². The van der Waals surface area contributed by atoms with Crippen molar-refractivity contribution in [2.75, 3.05) is 23.5 Å². The number of piperidine rings is 1. The van der Waals surface area contributed by atoms with Gasteiger partial charge in [-0.05, 0) is 73.5 Å². The number of nitrogens with two attached hydrogens (primary N) is 1. The summed E-state index contributed by atoms with van der Waals surface area (Å²) in [6.45, 7) is 5.41. The summed E-state index contributed by atoms with van der Waals surface area (Å²) in [6.07, 6.45) is 3.60. The molecule has 2 aromatic carbocycles. The van der Waals surface area contributed by atoms with Crippen LogP contribution in [0.1, 0.15) is 43.5 Å². The van der Waals surface area contributed by atoms with E-state index in [0.29, 0.717) is 43.2 Å². The fraction of sp³-hybridized carbons (Fsp3) is 0.375. The zero-order chi connectivity index (χ0) is 22.7. The molecule has 4 rings (SSSR count). The molecule has 8 heteroatoms. The van der Waals surface area contributed by atoms with Gasteiger partial charge in [0.25, 0.3) is 5.91 Å². The van der Waals surface area contributed by atoms with Crippen molar-refractivity contribution in [2.45, 2.75) is 43.6 Å². The molecule has 32 heavy (non-hydrogen) atoms. The van der Waals surface area contributed by atoms with Crippen molar-refractivity contribution in [1.82, 2.24) is 14.9 Å². The highest BCUT2D eigenvalue weighted by molar-refractivity contribution is 8.00. The number of carbonyl (C=O) groups excluding carboxylic acids is 1. The number of aromatic nitrogens is 2. The van der Waals surface area contributed by atoms with E-state index < -0.39 is 5.60 Å². The molecule has 3 aromatic rings. The smallest absolute Gasteiger partial charge is 0.253 e. The third-order valence-corrected chi connectivity index (χ3v) is 6.62. The first-order valence-electron chi connectivity index (χ1n) is 10.9. The van der Waals surface area contributed by atoms with Crippen LogP contribution in [0.3, 0.4) is 0 Å². The monoisotopic (exact) mass is 451 g/mol. The molecular formula is C24H29N5O2S. The molecular weight excluding hydrogens is 422 g/mol. The summed E-state index contributed by atoms with van der Waals surface area (Å²) in [4.78, 5) is 24.4. The second-order valence-corrected chi connectivity index (χ2v) is 9.66. The highest BCUT2D eigenvalue weighted by atomic mass is 32.2. The number of para-hydroxylation sites is 1. The topological polar surface area (TPSA) is 104 Å². The van der Waals surface area contributed by atoms with E-state index in [0.717, 1.165) is 28.0 Å². The molecule has 0 saturated carbocycles. The van der Waals surface area contributed by atoms with Crippen molar-refractivity contribution >= 4 is 40.4 Å². The molecule has 2 heterocycles. The van der Waals surface area contributed by atoms with E-state index in [4.69, 9.17) is 5.73 Å². The Balaban J connectivity index is 1.36. The van der Waals surface area contributed by atoms with E-state index in [-0.39, 0.29) is 5.91 Å². The van der Waals surface area contributed by atoms with Crippen molar-refractivity contribution in [2.24, 2.45) is 5.92 Å². The molecule has 1 saturated heterocycles. The number of fused-ring (bicyclic) bond motifs is 1. The van der Waals surface area contributed by atoms with Gasteiger partial charge in [0.2, 0.25) is 0 Å². The van der Waals surface area contributed by atoms with E-state index in [1.54, 1.807) is 6.20 Å². The molecule has 0 bridgehead atoms. The number of hydrogen-bond donors (Lipinski definition) is 3. The number of amides is 1. The van der Waals surface area contributed by atoms with Gasteiger partial charge < -0.3 is 20.5 Å². The first kappa shape index (κ1) is 22.4. The number of rotatable bonds is 6. The Hall–Kier alpha value is -2.84. The molecule has 0 spiro atoms. The molecule has 0 unspecified atom stereocenters. The summed E-state index contributed by atoms with van der Waals surface area (Å²) in [5, 5.41) is 10.7. The van der Waals surface area contributed by atoms with Crippen LogP contribution < -0.4 is 10.5 Å². The fourth-order valence-corrected chi connectivity index (χ4v) is 4.94.